The highest BCUT2D eigenvalue weighted by Gasteiger charge is 2.55. The van der Waals surface area contributed by atoms with E-state index < -0.39 is 73.9 Å². The molecule has 4 heterocycles. The van der Waals surface area contributed by atoms with Gasteiger partial charge in [-0.2, -0.15) is 0 Å². The highest BCUT2D eigenvalue weighted by atomic mass is 32.2. The molecule has 2 aliphatic heterocycles. The van der Waals surface area contributed by atoms with Crippen LogP contribution in [0.4, 0.5) is 4.39 Å². The molecule has 1 aromatic carbocycles. The van der Waals surface area contributed by atoms with Crippen molar-refractivity contribution >= 4 is 44.7 Å². The molecule has 8 rings (SSSR count). The first kappa shape index (κ1) is 39.6. The Morgan fingerprint density at radius 3 is 2.64 bits per heavy atom. The molecule has 5 atom stereocenters. The molecule has 3 aliphatic carbocycles. The first-order valence-electron chi connectivity index (χ1n) is 20.2. The zero-order chi connectivity index (χ0) is 40.8. The number of halogens is 1. The first-order valence-corrected chi connectivity index (χ1v) is 21.7. The fourth-order valence-electron chi connectivity index (χ4n) is 8.05. The molecule has 2 aromatic heterocycles. The number of fused-ring (bicyclic) bond motifs is 3. The Labute approximate surface area is 335 Å². The molecular weight excluding hydrogens is 770 g/mol. The lowest BCUT2D eigenvalue weighted by Crippen LogP contribution is -2.65. The van der Waals surface area contributed by atoms with Crippen LogP contribution in [0.5, 0.6) is 5.88 Å². The molecule has 17 heteroatoms. The minimum atomic E-state index is -4.08. The van der Waals surface area contributed by atoms with Gasteiger partial charge in [0.1, 0.15) is 40.7 Å². The Hall–Kier alpha value is -5.19. The molecule has 308 valence electrons. The number of hydrogen-bond donors (Lipinski definition) is 3. The van der Waals surface area contributed by atoms with Crippen molar-refractivity contribution in [3.63, 3.8) is 0 Å². The molecular formula is C41H48FN7O8S. The standard InChI is InChI=1S/C41H48FN7O8S/c1-3-28-37(45-34-27(42)13-9-15-29(34)43-28)56-26-21-32-36(51)46-41(39(53)48-58(54,55)40(2)19-20-40)18-10-12-25(41)11-7-5-4-6-8-14-30(38(52)49(32)23-26)44-35(50)31-22-33(57-47-31)24-16-17-24/h7,9-13,15,22,24-26,30,32H,3-6,8,14,16-21,23H2,1-2H3,(H,44,50)(H,46,51)(H,48,53)/b11-7-/t25?,26-,30+,32+,41-/m1/s1. The van der Waals surface area contributed by atoms with Crippen LogP contribution >= 0.6 is 0 Å². The Morgan fingerprint density at radius 2 is 1.88 bits per heavy atom. The summed E-state index contributed by atoms with van der Waals surface area (Å²) in [6.07, 6.45) is 12.4. The Bertz CT molecular complexity index is 2300. The van der Waals surface area contributed by atoms with Crippen molar-refractivity contribution in [1.82, 2.24) is 35.4 Å². The number of nitrogens with zero attached hydrogens (tertiary/aromatic N) is 4. The molecule has 0 radical (unpaired) electrons. The van der Waals surface area contributed by atoms with E-state index in [4.69, 9.17) is 9.26 Å². The highest BCUT2D eigenvalue weighted by molar-refractivity contribution is 7.91. The highest BCUT2D eigenvalue weighted by Crippen LogP contribution is 2.43. The van der Waals surface area contributed by atoms with E-state index >= 15 is 0 Å². The van der Waals surface area contributed by atoms with Gasteiger partial charge >= 0.3 is 0 Å². The summed E-state index contributed by atoms with van der Waals surface area (Å²) in [6.45, 7) is 3.30. The molecule has 0 spiro atoms. The Balaban J connectivity index is 1.13. The van der Waals surface area contributed by atoms with Crippen molar-refractivity contribution in [1.29, 1.82) is 0 Å². The summed E-state index contributed by atoms with van der Waals surface area (Å²) >= 11 is 0. The summed E-state index contributed by atoms with van der Waals surface area (Å²) < 4.78 is 54.6. The molecule has 3 N–H and O–H groups in total. The van der Waals surface area contributed by atoms with Crippen molar-refractivity contribution in [2.75, 3.05) is 6.54 Å². The molecule has 3 fully saturated rings. The van der Waals surface area contributed by atoms with E-state index in [1.165, 1.54) is 17.0 Å². The number of aryl methyl sites for hydroxylation is 1. The third-order valence-corrected chi connectivity index (χ3v) is 14.3. The van der Waals surface area contributed by atoms with Crippen LogP contribution in [0.25, 0.3) is 11.0 Å². The van der Waals surface area contributed by atoms with Gasteiger partial charge in [-0.1, -0.05) is 55.3 Å². The molecule has 4 amide bonds. The smallest absolute Gasteiger partial charge is 0.274 e. The zero-order valence-electron chi connectivity index (χ0n) is 32.5. The Morgan fingerprint density at radius 1 is 1.09 bits per heavy atom. The minimum Gasteiger partial charge on any atom is -0.471 e. The number of para-hydroxylation sites is 1. The van der Waals surface area contributed by atoms with Gasteiger partial charge in [0.2, 0.25) is 27.7 Å². The lowest BCUT2D eigenvalue weighted by Gasteiger charge is -2.36. The van der Waals surface area contributed by atoms with Crippen LogP contribution in [0.2, 0.25) is 0 Å². The van der Waals surface area contributed by atoms with Gasteiger partial charge < -0.3 is 24.8 Å². The number of sulfonamides is 1. The van der Waals surface area contributed by atoms with Gasteiger partial charge in [0.25, 0.3) is 11.8 Å². The minimum absolute atomic E-state index is 0.00371. The van der Waals surface area contributed by atoms with Crippen LogP contribution in [0.3, 0.4) is 0 Å². The van der Waals surface area contributed by atoms with Crippen LogP contribution in [-0.4, -0.2) is 87.1 Å². The van der Waals surface area contributed by atoms with Crippen molar-refractivity contribution in [2.45, 2.75) is 125 Å². The maximum absolute atomic E-state index is 14.9. The van der Waals surface area contributed by atoms with Crippen LogP contribution in [0.15, 0.2) is 53.1 Å². The van der Waals surface area contributed by atoms with Gasteiger partial charge in [0, 0.05) is 24.3 Å². The predicted molar refractivity (Wildman–Crippen MR) is 208 cm³/mol. The summed E-state index contributed by atoms with van der Waals surface area (Å²) in [5.74, 6) is -3.10. The molecule has 2 saturated carbocycles. The number of carbonyl (C=O) groups is 4. The van der Waals surface area contributed by atoms with Gasteiger partial charge in [0.05, 0.1) is 16.8 Å². The quantitative estimate of drug-likeness (QED) is 0.260. The third kappa shape index (κ3) is 7.72. The fraction of sp³-hybridized carbons (Fsp3) is 0.537. The van der Waals surface area contributed by atoms with Crippen LogP contribution in [-0.2, 0) is 30.8 Å². The number of hydrogen-bond acceptors (Lipinski definition) is 11. The summed E-state index contributed by atoms with van der Waals surface area (Å²) in [4.78, 5) is 67.7. The van der Waals surface area contributed by atoms with E-state index in [2.05, 4.69) is 30.5 Å². The van der Waals surface area contributed by atoms with Crippen molar-refractivity contribution < 1.29 is 41.2 Å². The lowest BCUT2D eigenvalue weighted by molar-refractivity contribution is -0.142. The number of nitrogens with one attached hydrogen (secondary N) is 3. The second-order valence-corrected chi connectivity index (χ2v) is 18.6. The van der Waals surface area contributed by atoms with E-state index in [1.807, 2.05) is 19.1 Å². The Kier molecular flexibility index (Phi) is 10.6. The van der Waals surface area contributed by atoms with Gasteiger partial charge in [-0.25, -0.2) is 22.8 Å². The maximum Gasteiger partial charge on any atom is 0.274 e. The molecule has 5 aliphatic rings. The van der Waals surface area contributed by atoms with Gasteiger partial charge in [-0.05, 0) is 76.8 Å². The lowest BCUT2D eigenvalue weighted by atomic mass is 9.84. The van der Waals surface area contributed by atoms with Gasteiger partial charge in [0.15, 0.2) is 11.5 Å². The monoisotopic (exact) mass is 817 g/mol. The van der Waals surface area contributed by atoms with E-state index in [1.54, 1.807) is 31.2 Å². The molecule has 15 nitrogen and oxygen atoms in total. The van der Waals surface area contributed by atoms with Crippen molar-refractivity contribution in [2.24, 2.45) is 5.92 Å². The predicted octanol–water partition coefficient (Wildman–Crippen LogP) is 4.29. The second kappa shape index (κ2) is 15.5. The van der Waals surface area contributed by atoms with Crippen LogP contribution in [0.1, 0.15) is 112 Å². The topological polar surface area (TPSA) is 203 Å². The maximum atomic E-state index is 14.9. The molecule has 1 unspecified atom stereocenters. The summed E-state index contributed by atoms with van der Waals surface area (Å²) in [5, 5.41) is 9.73. The number of benzene rings is 1. The van der Waals surface area contributed by atoms with E-state index in [0.717, 1.165) is 19.3 Å². The van der Waals surface area contributed by atoms with Gasteiger partial charge in [-0.15, -0.1) is 0 Å². The van der Waals surface area contributed by atoms with Crippen molar-refractivity contribution in [3.8, 4) is 5.88 Å². The van der Waals surface area contributed by atoms with Crippen molar-refractivity contribution in [3.05, 3.63) is 71.5 Å². The largest absolute Gasteiger partial charge is 0.471 e. The molecule has 1 saturated heterocycles. The van der Waals surface area contributed by atoms with E-state index in [9.17, 15) is 32.0 Å². The number of rotatable bonds is 9. The van der Waals surface area contributed by atoms with Gasteiger partial charge in [-0.3, -0.25) is 23.9 Å². The zero-order valence-corrected chi connectivity index (χ0v) is 33.4. The van der Waals surface area contributed by atoms with E-state index in [0.29, 0.717) is 55.5 Å². The number of carbonyl (C=O) groups excluding carboxylic acids is 4. The number of aromatic nitrogens is 3. The summed E-state index contributed by atoms with van der Waals surface area (Å²) in [7, 11) is -4.08. The fourth-order valence-corrected chi connectivity index (χ4v) is 9.36. The third-order valence-electron chi connectivity index (χ3n) is 12.1. The number of allylic oxidation sites excluding steroid dienone is 1. The van der Waals surface area contributed by atoms with Crippen LogP contribution < -0.4 is 20.1 Å². The SMILES string of the molecule is CCc1nc2cccc(F)c2nc1O[C@@H]1C[C@H]2C(=O)N[C@]3(C(=O)NS(=O)(=O)C4(C)CC4)CC=CC3/C=C\CCCCC[C@H](NC(=O)c3cc(C4CC4)on3)C(=O)N2C1. The average molecular weight is 818 g/mol. The summed E-state index contributed by atoms with van der Waals surface area (Å²) in [5.41, 5.74) is -0.870. The van der Waals surface area contributed by atoms with E-state index in [-0.39, 0.29) is 48.8 Å². The normalized spacial score (nSPS) is 27.8. The number of ether oxygens (including phenoxy) is 1. The molecule has 3 aromatic rings. The number of amides is 4. The van der Waals surface area contributed by atoms with Crippen LogP contribution in [0, 0.1) is 11.7 Å². The summed E-state index contributed by atoms with van der Waals surface area (Å²) in [6, 6.07) is 3.75. The second-order valence-electron chi connectivity index (χ2n) is 16.4. The average Bonchev–Trinajstić information content (AvgIpc) is 4.03. The molecule has 58 heavy (non-hydrogen) atoms. The molecule has 0 bridgehead atoms. The first-order chi connectivity index (χ1) is 27.8.